The number of alkyl halides is 2. The fourth-order valence-electron chi connectivity index (χ4n) is 8.85. The van der Waals surface area contributed by atoms with Crippen molar-refractivity contribution in [1.29, 1.82) is 0 Å². The lowest BCUT2D eigenvalue weighted by Gasteiger charge is -2.38. The number of ether oxygens (including phenoxy) is 1. The topological polar surface area (TPSA) is 140 Å². The quantitative estimate of drug-likeness (QED) is 0.187. The summed E-state index contributed by atoms with van der Waals surface area (Å²) in [5.41, 5.74) is -4.25. The van der Waals surface area contributed by atoms with Gasteiger partial charge in [0.25, 0.3) is 5.91 Å². The van der Waals surface area contributed by atoms with Gasteiger partial charge in [-0.15, -0.1) is 11.3 Å². The summed E-state index contributed by atoms with van der Waals surface area (Å²) in [7, 11) is -5.78. The van der Waals surface area contributed by atoms with Crippen molar-refractivity contribution in [3.05, 3.63) is 70.6 Å². The number of benzene rings is 2. The highest BCUT2D eigenvalue weighted by molar-refractivity contribution is 7.52. The van der Waals surface area contributed by atoms with Crippen LogP contribution in [0.1, 0.15) is 91.1 Å². The lowest BCUT2D eigenvalue weighted by Crippen LogP contribution is -2.56. The van der Waals surface area contributed by atoms with E-state index in [1.54, 1.807) is 9.80 Å². The van der Waals surface area contributed by atoms with Gasteiger partial charge in [-0.25, -0.2) is 0 Å². The number of carbonyl (C=O) groups is 3. The molecule has 15 heteroatoms. The Morgan fingerprint density at radius 2 is 1.65 bits per heavy atom. The van der Waals surface area contributed by atoms with Gasteiger partial charge in [0.2, 0.25) is 11.8 Å². The second kappa shape index (κ2) is 17.1. The SMILES string of the molecule is O=C(NC(CC1CCN(CC2CCCCC2)CC1)C(=O)N1CCCC1C(=O)N1CCOC(c2ccccc2)C1)c1cc2cc(C(F)(F)P(=O)(O)O)ccc2s1. The van der Waals surface area contributed by atoms with E-state index in [4.69, 9.17) is 4.74 Å². The molecule has 3 unspecified atom stereocenters. The number of halogens is 2. The van der Waals surface area contributed by atoms with E-state index in [0.717, 1.165) is 67.4 Å². The van der Waals surface area contributed by atoms with Gasteiger partial charge in [0, 0.05) is 29.9 Å². The highest BCUT2D eigenvalue weighted by Crippen LogP contribution is 2.59. The number of piperidine rings is 1. The highest BCUT2D eigenvalue weighted by Gasteiger charge is 2.50. The Kier molecular flexibility index (Phi) is 12.4. The van der Waals surface area contributed by atoms with Crippen LogP contribution in [-0.4, -0.2) is 100 Å². The molecule has 0 spiro atoms. The number of hydrogen-bond donors (Lipinski definition) is 3. The third kappa shape index (κ3) is 9.16. The summed E-state index contributed by atoms with van der Waals surface area (Å²) in [5, 5.41) is 3.22. The number of nitrogens with zero attached hydrogens (tertiary/aromatic N) is 3. The fraction of sp³-hybridized carbons (Fsp3) is 0.575. The number of amides is 3. The first-order valence-corrected chi connectivity index (χ1v) is 22.1. The first kappa shape index (κ1) is 40.0. The zero-order valence-electron chi connectivity index (χ0n) is 31.0. The molecule has 3 saturated heterocycles. The van der Waals surface area contributed by atoms with E-state index >= 15 is 0 Å². The summed E-state index contributed by atoms with van der Waals surface area (Å²) in [5.74, 6) is -0.0498. The molecular weight excluding hydrogens is 749 g/mol. The Morgan fingerprint density at radius 1 is 0.909 bits per heavy atom. The molecule has 1 aliphatic carbocycles. The van der Waals surface area contributed by atoms with Crippen molar-refractivity contribution in [1.82, 2.24) is 20.0 Å². The minimum absolute atomic E-state index is 0.122. The van der Waals surface area contributed by atoms with Gasteiger partial charge in [-0.3, -0.25) is 18.9 Å². The van der Waals surface area contributed by atoms with E-state index in [1.807, 2.05) is 30.3 Å². The van der Waals surface area contributed by atoms with Crippen molar-refractivity contribution in [3.63, 3.8) is 0 Å². The number of nitrogens with one attached hydrogen (secondary N) is 1. The molecule has 7 rings (SSSR count). The molecule has 0 bridgehead atoms. The first-order valence-electron chi connectivity index (χ1n) is 19.6. The van der Waals surface area contributed by atoms with Crippen LogP contribution in [0.15, 0.2) is 54.6 Å². The van der Waals surface area contributed by atoms with E-state index in [0.29, 0.717) is 50.2 Å². The van der Waals surface area contributed by atoms with Gasteiger partial charge in [0.1, 0.15) is 18.2 Å². The zero-order valence-corrected chi connectivity index (χ0v) is 32.7. The summed E-state index contributed by atoms with van der Waals surface area (Å²) >= 11 is 1.05. The number of likely N-dealkylation sites (tertiary alicyclic amines) is 2. The number of fused-ring (bicyclic) bond motifs is 1. The summed E-state index contributed by atoms with van der Waals surface area (Å²) in [4.78, 5) is 67.2. The number of hydrogen-bond acceptors (Lipinski definition) is 7. The van der Waals surface area contributed by atoms with Gasteiger partial charge in [-0.1, -0.05) is 55.7 Å². The molecule has 1 aromatic heterocycles. The summed E-state index contributed by atoms with van der Waals surface area (Å²) in [6.45, 7) is 4.55. The van der Waals surface area contributed by atoms with E-state index in [9.17, 15) is 37.5 Å². The predicted molar refractivity (Wildman–Crippen MR) is 206 cm³/mol. The molecule has 3 aliphatic heterocycles. The van der Waals surface area contributed by atoms with Crippen molar-refractivity contribution < 1.29 is 42.3 Å². The maximum absolute atomic E-state index is 14.6. The second-order valence-electron chi connectivity index (χ2n) is 15.7. The molecule has 3 amide bonds. The van der Waals surface area contributed by atoms with Crippen LogP contribution in [0.25, 0.3) is 10.1 Å². The van der Waals surface area contributed by atoms with Gasteiger partial charge in [-0.05, 0) is 99.0 Å². The lowest BCUT2D eigenvalue weighted by molar-refractivity contribution is -0.149. The van der Waals surface area contributed by atoms with Gasteiger partial charge in [0.05, 0.1) is 18.0 Å². The van der Waals surface area contributed by atoms with Crippen molar-refractivity contribution in [2.75, 3.05) is 45.9 Å². The van der Waals surface area contributed by atoms with Crippen LogP contribution in [0.5, 0.6) is 0 Å². The Labute approximate surface area is 324 Å². The standard InChI is InChI=1S/C40H51F2N4O7PS/c41-40(42,54(50,51)52)31-13-14-35-30(23-31)24-36(55-35)37(47)43-32(22-27-15-18-44(19-16-27)25-28-8-3-1-4-9-28)38(48)46-17-7-12-33(46)39(49)45-20-21-53-34(26-45)29-10-5-2-6-11-29/h2,5-6,10-11,13-14,23-24,27-28,32-34H,1,3-4,7-9,12,15-22,25-26H2,(H,43,47)(H2,50,51,52). The Morgan fingerprint density at radius 3 is 2.38 bits per heavy atom. The van der Waals surface area contributed by atoms with Crippen LogP contribution in [0, 0.1) is 11.8 Å². The predicted octanol–water partition coefficient (Wildman–Crippen LogP) is 6.50. The molecule has 4 aliphatic rings. The maximum Gasteiger partial charge on any atom is 0.399 e. The van der Waals surface area contributed by atoms with Crippen molar-refractivity contribution >= 4 is 46.7 Å². The number of morpholine rings is 1. The molecule has 1 saturated carbocycles. The molecule has 11 nitrogen and oxygen atoms in total. The maximum atomic E-state index is 14.6. The summed E-state index contributed by atoms with van der Waals surface area (Å²) < 4.78 is 47.0. The minimum atomic E-state index is -5.78. The van der Waals surface area contributed by atoms with Crippen LogP contribution in [0.4, 0.5) is 8.78 Å². The lowest BCUT2D eigenvalue weighted by atomic mass is 9.86. The zero-order chi connectivity index (χ0) is 38.7. The van der Waals surface area contributed by atoms with Gasteiger partial charge in [-0.2, -0.15) is 8.78 Å². The molecule has 55 heavy (non-hydrogen) atoms. The van der Waals surface area contributed by atoms with Crippen LogP contribution in [0.2, 0.25) is 0 Å². The van der Waals surface area contributed by atoms with Crippen molar-refractivity contribution in [2.45, 2.75) is 88.1 Å². The van der Waals surface area contributed by atoms with Crippen LogP contribution in [-0.2, 0) is 24.6 Å². The van der Waals surface area contributed by atoms with Crippen LogP contribution in [0.3, 0.4) is 0 Å². The Hall–Kier alpha value is -3.26. The molecule has 4 heterocycles. The van der Waals surface area contributed by atoms with E-state index in [2.05, 4.69) is 10.2 Å². The number of rotatable bonds is 11. The van der Waals surface area contributed by atoms with Gasteiger partial charge < -0.3 is 34.5 Å². The number of thiophene rings is 1. The molecule has 4 fully saturated rings. The van der Waals surface area contributed by atoms with Crippen LogP contribution < -0.4 is 5.32 Å². The molecule has 298 valence electrons. The van der Waals surface area contributed by atoms with Crippen molar-refractivity contribution in [2.24, 2.45) is 11.8 Å². The summed E-state index contributed by atoms with van der Waals surface area (Å²) in [6.07, 6.45) is 9.58. The van der Waals surface area contributed by atoms with Gasteiger partial charge in [0.15, 0.2) is 0 Å². The molecule has 3 N–H and O–H groups in total. The molecule has 2 aromatic carbocycles. The average Bonchev–Trinajstić information content (AvgIpc) is 3.86. The monoisotopic (exact) mass is 800 g/mol. The van der Waals surface area contributed by atoms with Crippen LogP contribution >= 0.6 is 18.9 Å². The minimum Gasteiger partial charge on any atom is -0.370 e. The fourth-order valence-corrected chi connectivity index (χ4v) is 10.3. The largest absolute Gasteiger partial charge is 0.399 e. The molecule has 3 aromatic rings. The third-order valence-electron chi connectivity index (χ3n) is 11.9. The average molecular weight is 801 g/mol. The van der Waals surface area contributed by atoms with E-state index in [-0.39, 0.29) is 34.1 Å². The Bertz CT molecular complexity index is 1880. The van der Waals surface area contributed by atoms with Gasteiger partial charge >= 0.3 is 13.3 Å². The van der Waals surface area contributed by atoms with E-state index in [1.165, 1.54) is 44.2 Å². The number of carbonyl (C=O) groups excluding carboxylic acids is 3. The molecule has 0 radical (unpaired) electrons. The summed E-state index contributed by atoms with van der Waals surface area (Å²) in [6, 6.07) is 12.9. The second-order valence-corrected chi connectivity index (χ2v) is 18.4. The van der Waals surface area contributed by atoms with E-state index < -0.39 is 36.8 Å². The van der Waals surface area contributed by atoms with Crippen molar-refractivity contribution in [3.8, 4) is 0 Å². The first-order chi connectivity index (χ1) is 26.4. The molecule has 3 atom stereocenters. The smallest absolute Gasteiger partial charge is 0.370 e. The normalized spacial score (nSPS) is 22.9. The third-order valence-corrected chi connectivity index (χ3v) is 14.0. The molecular formula is C40H51F2N4O7PS. The highest BCUT2D eigenvalue weighted by atomic mass is 32.1. The Balaban J connectivity index is 1.07.